The number of aromatic nitrogens is 3. The molecule has 0 aliphatic rings. The van der Waals surface area contributed by atoms with E-state index in [0.717, 1.165) is 0 Å². The van der Waals surface area contributed by atoms with Crippen LogP contribution < -0.4 is 0 Å². The van der Waals surface area contributed by atoms with Crippen LogP contribution in [-0.2, 0) is 12.1 Å². The molecule has 9 heteroatoms. The van der Waals surface area contributed by atoms with E-state index in [4.69, 9.17) is 28.7 Å². The van der Waals surface area contributed by atoms with Crippen LogP contribution in [-0.4, -0.2) is 26.6 Å². The quantitative estimate of drug-likeness (QED) is 0.522. The summed E-state index contributed by atoms with van der Waals surface area (Å²) in [5.74, 6) is 0. The topological polar surface area (TPSA) is 99.7 Å². The number of halogens is 2. The molecule has 20 heavy (non-hydrogen) atoms. The number of benzene rings is 1. The van der Waals surface area contributed by atoms with Gasteiger partial charge in [-0.15, -0.1) is 5.10 Å². The van der Waals surface area contributed by atoms with Crippen molar-refractivity contribution in [3.63, 3.8) is 0 Å². The Hall–Kier alpha value is -1.79. The Morgan fingerprint density at radius 1 is 1.45 bits per heavy atom. The van der Waals surface area contributed by atoms with E-state index < -0.39 is 5.60 Å². The summed E-state index contributed by atoms with van der Waals surface area (Å²) in [7, 11) is 0. The van der Waals surface area contributed by atoms with Gasteiger partial charge in [-0.2, -0.15) is 0 Å². The van der Waals surface area contributed by atoms with Crippen LogP contribution in [0.25, 0.3) is 10.4 Å². The van der Waals surface area contributed by atoms with Crippen LogP contribution >= 0.6 is 23.2 Å². The average Bonchev–Trinajstić information content (AvgIpc) is 2.88. The maximum atomic E-state index is 10.8. The first kappa shape index (κ1) is 14.6. The fraction of sp³-hybridized carbons (Fsp3) is 0.273. The van der Waals surface area contributed by atoms with E-state index in [1.54, 1.807) is 18.3 Å². The van der Waals surface area contributed by atoms with E-state index >= 15 is 0 Å². The number of hydrogen-bond donors (Lipinski definition) is 1. The third-order valence-electron chi connectivity index (χ3n) is 2.72. The van der Waals surface area contributed by atoms with Crippen LogP contribution in [0.4, 0.5) is 0 Å². The number of aliphatic hydroxyl groups is 1. The van der Waals surface area contributed by atoms with Gasteiger partial charge >= 0.3 is 0 Å². The second-order valence-electron chi connectivity index (χ2n) is 4.15. The molecule has 1 aromatic carbocycles. The highest BCUT2D eigenvalue weighted by Crippen LogP contribution is 2.32. The van der Waals surface area contributed by atoms with Gasteiger partial charge in [0, 0.05) is 26.7 Å². The van der Waals surface area contributed by atoms with E-state index in [0.29, 0.717) is 10.6 Å². The molecule has 1 N–H and O–H groups in total. The van der Waals surface area contributed by atoms with Crippen LogP contribution in [0.2, 0.25) is 10.0 Å². The second-order valence-corrected chi connectivity index (χ2v) is 4.99. The zero-order valence-corrected chi connectivity index (χ0v) is 11.7. The molecular formula is C11H10Cl2N6O. The van der Waals surface area contributed by atoms with Gasteiger partial charge in [-0.25, -0.2) is 4.68 Å². The molecule has 0 fully saturated rings. The zero-order chi connectivity index (χ0) is 14.6. The number of hydrogen-bond acceptors (Lipinski definition) is 4. The molecule has 7 nitrogen and oxygen atoms in total. The van der Waals surface area contributed by atoms with Crippen LogP contribution in [0.3, 0.4) is 0 Å². The molecule has 0 bridgehead atoms. The SMILES string of the molecule is [N-]=[N+]=NCC(O)(Cn1ccnn1)c1ccc(Cl)cc1Cl. The van der Waals surface area contributed by atoms with Gasteiger partial charge in [-0.1, -0.05) is 39.6 Å². The number of rotatable bonds is 5. The maximum absolute atomic E-state index is 10.8. The molecule has 0 aliphatic carbocycles. The highest BCUT2D eigenvalue weighted by molar-refractivity contribution is 6.35. The summed E-state index contributed by atoms with van der Waals surface area (Å²) >= 11 is 11.9. The normalized spacial score (nSPS) is 13.6. The van der Waals surface area contributed by atoms with Crippen LogP contribution in [0.1, 0.15) is 5.56 Å². The third kappa shape index (κ3) is 3.20. The van der Waals surface area contributed by atoms with Crippen molar-refractivity contribution in [3.05, 3.63) is 56.6 Å². The highest BCUT2D eigenvalue weighted by atomic mass is 35.5. The molecule has 1 heterocycles. The Morgan fingerprint density at radius 3 is 2.85 bits per heavy atom. The monoisotopic (exact) mass is 312 g/mol. The van der Waals surface area contributed by atoms with Crippen molar-refractivity contribution < 1.29 is 5.11 Å². The van der Waals surface area contributed by atoms with E-state index in [1.165, 1.54) is 16.9 Å². The van der Waals surface area contributed by atoms with E-state index in [-0.39, 0.29) is 18.1 Å². The lowest BCUT2D eigenvalue weighted by atomic mass is 9.93. The van der Waals surface area contributed by atoms with Gasteiger partial charge < -0.3 is 5.11 Å². The van der Waals surface area contributed by atoms with Crippen LogP contribution in [0.5, 0.6) is 0 Å². The summed E-state index contributed by atoms with van der Waals surface area (Å²) in [6.07, 6.45) is 3.07. The predicted octanol–water partition coefficient (Wildman–Crippen LogP) is 2.78. The molecule has 0 radical (unpaired) electrons. The van der Waals surface area contributed by atoms with Crippen molar-refractivity contribution in [1.29, 1.82) is 0 Å². The van der Waals surface area contributed by atoms with Crippen LogP contribution in [0, 0.1) is 0 Å². The minimum absolute atomic E-state index is 0.0490. The van der Waals surface area contributed by atoms with Crippen LogP contribution in [0.15, 0.2) is 35.7 Å². The van der Waals surface area contributed by atoms with Gasteiger partial charge in [-0.3, -0.25) is 0 Å². The fourth-order valence-corrected chi connectivity index (χ4v) is 2.41. The summed E-state index contributed by atoms with van der Waals surface area (Å²) in [6.45, 7) is -0.141. The van der Waals surface area contributed by atoms with Crippen molar-refractivity contribution in [1.82, 2.24) is 15.0 Å². The molecule has 1 atom stereocenters. The molecule has 2 aromatic rings. The summed E-state index contributed by atoms with van der Waals surface area (Å²) in [5.41, 5.74) is 7.38. The fourth-order valence-electron chi connectivity index (χ4n) is 1.82. The van der Waals surface area contributed by atoms with Gasteiger partial charge in [0.25, 0.3) is 0 Å². The molecule has 0 spiro atoms. The van der Waals surface area contributed by atoms with E-state index in [2.05, 4.69) is 20.3 Å². The standard InChI is InChI=1S/C11H10Cl2N6O/c12-8-1-2-9(10(13)5-8)11(20,6-16-17-14)7-19-4-3-15-18-19/h1-5,20H,6-7H2. The van der Waals surface area contributed by atoms with Gasteiger partial charge in [0.05, 0.1) is 19.3 Å². The minimum atomic E-state index is -1.50. The first-order valence-electron chi connectivity index (χ1n) is 5.58. The average molecular weight is 313 g/mol. The Labute approximate surface area is 124 Å². The lowest BCUT2D eigenvalue weighted by molar-refractivity contribution is 0.0237. The summed E-state index contributed by atoms with van der Waals surface area (Å²) < 4.78 is 1.43. The molecule has 0 saturated heterocycles. The first-order chi connectivity index (χ1) is 9.55. The Kier molecular flexibility index (Phi) is 4.46. The number of azide groups is 1. The smallest absolute Gasteiger partial charge is 0.116 e. The maximum Gasteiger partial charge on any atom is 0.116 e. The molecule has 0 aliphatic heterocycles. The van der Waals surface area contributed by atoms with E-state index in [9.17, 15) is 5.11 Å². The molecule has 0 amide bonds. The van der Waals surface area contributed by atoms with Crippen molar-refractivity contribution in [2.75, 3.05) is 6.54 Å². The molecule has 2 rings (SSSR count). The third-order valence-corrected chi connectivity index (χ3v) is 3.27. The van der Waals surface area contributed by atoms with Gasteiger partial charge in [0.15, 0.2) is 0 Å². The van der Waals surface area contributed by atoms with Gasteiger partial charge in [0.1, 0.15) is 5.60 Å². The molecule has 104 valence electrons. The number of nitrogens with zero attached hydrogens (tertiary/aromatic N) is 6. The van der Waals surface area contributed by atoms with Crippen molar-refractivity contribution in [2.24, 2.45) is 5.11 Å². The minimum Gasteiger partial charge on any atom is -0.383 e. The summed E-state index contributed by atoms with van der Waals surface area (Å²) in [5, 5.41) is 22.4. The summed E-state index contributed by atoms with van der Waals surface area (Å²) in [4.78, 5) is 2.67. The second kappa shape index (κ2) is 6.11. The van der Waals surface area contributed by atoms with Gasteiger partial charge in [0.2, 0.25) is 0 Å². The Morgan fingerprint density at radius 2 is 2.25 bits per heavy atom. The Balaban J connectivity index is 2.42. The summed E-state index contributed by atoms with van der Waals surface area (Å²) in [6, 6.07) is 4.71. The predicted molar refractivity (Wildman–Crippen MR) is 74.4 cm³/mol. The zero-order valence-electron chi connectivity index (χ0n) is 10.2. The van der Waals surface area contributed by atoms with Gasteiger partial charge in [-0.05, 0) is 17.7 Å². The lowest BCUT2D eigenvalue weighted by Gasteiger charge is -2.27. The van der Waals surface area contributed by atoms with Crippen molar-refractivity contribution in [3.8, 4) is 0 Å². The highest BCUT2D eigenvalue weighted by Gasteiger charge is 2.32. The molecule has 1 aromatic heterocycles. The molecule has 0 saturated carbocycles. The van der Waals surface area contributed by atoms with E-state index in [1.807, 2.05) is 0 Å². The van der Waals surface area contributed by atoms with Crippen molar-refractivity contribution >= 4 is 23.2 Å². The molecule has 1 unspecified atom stereocenters. The first-order valence-corrected chi connectivity index (χ1v) is 6.33. The largest absolute Gasteiger partial charge is 0.383 e. The molecular weight excluding hydrogens is 303 g/mol. The lowest BCUT2D eigenvalue weighted by Crippen LogP contribution is -2.35. The Bertz CT molecular complexity index is 640. The van der Waals surface area contributed by atoms with Crippen molar-refractivity contribution in [2.45, 2.75) is 12.1 Å².